The Morgan fingerprint density at radius 1 is 1.12 bits per heavy atom. The van der Waals surface area contributed by atoms with E-state index in [9.17, 15) is 9.18 Å². The highest BCUT2D eigenvalue weighted by Crippen LogP contribution is 2.34. The van der Waals surface area contributed by atoms with Gasteiger partial charge in [-0.15, -0.1) is 0 Å². The molecule has 33 heavy (non-hydrogen) atoms. The fraction of sp³-hybridized carbons (Fsp3) is 0.304. The fourth-order valence-corrected chi connectivity index (χ4v) is 3.96. The monoisotopic (exact) mass is 449 g/mol. The lowest BCUT2D eigenvalue weighted by Crippen LogP contribution is -2.39. The number of nitrogens with zero attached hydrogens (tertiary/aromatic N) is 6. The number of carbonyl (C=O) groups is 1. The van der Waals surface area contributed by atoms with E-state index in [4.69, 9.17) is 14.8 Å². The van der Waals surface area contributed by atoms with Gasteiger partial charge in [-0.25, -0.2) is 23.7 Å². The molecular formula is C23H24FN7O2. The maximum absolute atomic E-state index is 13.6. The predicted molar refractivity (Wildman–Crippen MR) is 121 cm³/mol. The first-order chi connectivity index (χ1) is 15.9. The van der Waals surface area contributed by atoms with Crippen LogP contribution in [0.1, 0.15) is 19.7 Å². The molecule has 10 heteroatoms. The maximum atomic E-state index is 13.6. The molecule has 1 aromatic carbocycles. The largest absolute Gasteiger partial charge is 0.447 e. The summed E-state index contributed by atoms with van der Waals surface area (Å²) in [4.78, 5) is 23.4. The van der Waals surface area contributed by atoms with Crippen molar-refractivity contribution < 1.29 is 13.9 Å². The first-order valence-electron chi connectivity index (χ1n) is 10.8. The average molecular weight is 449 g/mol. The van der Waals surface area contributed by atoms with Crippen molar-refractivity contribution in [3.63, 3.8) is 0 Å². The van der Waals surface area contributed by atoms with Crippen LogP contribution in [0.25, 0.3) is 28.3 Å². The van der Waals surface area contributed by atoms with Crippen molar-refractivity contribution in [1.82, 2.24) is 29.0 Å². The number of rotatable bonds is 4. The van der Waals surface area contributed by atoms with Gasteiger partial charge in [-0.2, -0.15) is 5.10 Å². The standard InChI is InChI=1S/C23H24FN7O2/c1-14(2)33-23(32)29-10-11-30-20(13-29)27-21(15-4-6-16(24)7-5-15)22(30)17-8-9-19-26-18(25-3)12-31(19)28-17/h4-9,12,14,25H,10-11,13H2,1-3H3. The Balaban J connectivity index is 1.61. The number of carbonyl (C=O) groups excluding carboxylic acids is 1. The number of ether oxygens (including phenoxy) is 1. The van der Waals surface area contributed by atoms with Crippen molar-refractivity contribution in [2.24, 2.45) is 0 Å². The summed E-state index contributed by atoms with van der Waals surface area (Å²) in [5.41, 5.74) is 3.69. The van der Waals surface area contributed by atoms with E-state index in [1.54, 1.807) is 28.6 Å². The molecule has 1 amide bonds. The number of hydrogen-bond acceptors (Lipinski definition) is 6. The van der Waals surface area contributed by atoms with E-state index in [2.05, 4.69) is 14.9 Å². The third kappa shape index (κ3) is 3.88. The zero-order valence-electron chi connectivity index (χ0n) is 18.6. The second-order valence-corrected chi connectivity index (χ2v) is 8.14. The second kappa shape index (κ2) is 8.19. The number of imidazole rings is 2. The Hall–Kier alpha value is -3.95. The van der Waals surface area contributed by atoms with Crippen molar-refractivity contribution in [2.75, 3.05) is 18.9 Å². The number of benzene rings is 1. The molecule has 9 nitrogen and oxygen atoms in total. The van der Waals surface area contributed by atoms with E-state index >= 15 is 0 Å². The normalized spacial score (nSPS) is 13.4. The number of hydrogen-bond donors (Lipinski definition) is 1. The van der Waals surface area contributed by atoms with Crippen LogP contribution in [0.5, 0.6) is 0 Å². The Morgan fingerprint density at radius 2 is 1.91 bits per heavy atom. The molecule has 0 bridgehead atoms. The molecule has 0 saturated carbocycles. The van der Waals surface area contributed by atoms with Crippen LogP contribution in [-0.4, -0.2) is 54.8 Å². The molecular weight excluding hydrogens is 425 g/mol. The molecule has 4 aromatic rings. The average Bonchev–Trinajstić information content (AvgIpc) is 3.39. The smallest absolute Gasteiger partial charge is 0.410 e. The molecule has 1 N–H and O–H groups in total. The highest BCUT2D eigenvalue weighted by molar-refractivity contribution is 5.78. The molecule has 0 unspecified atom stereocenters. The molecule has 0 radical (unpaired) electrons. The molecule has 0 fully saturated rings. The van der Waals surface area contributed by atoms with E-state index in [1.165, 1.54) is 12.1 Å². The molecule has 3 aromatic heterocycles. The minimum Gasteiger partial charge on any atom is -0.447 e. The van der Waals surface area contributed by atoms with Crippen LogP contribution in [0, 0.1) is 5.82 Å². The minimum atomic E-state index is -0.360. The number of fused-ring (bicyclic) bond motifs is 2. The molecule has 0 saturated heterocycles. The van der Waals surface area contributed by atoms with E-state index in [0.29, 0.717) is 42.5 Å². The van der Waals surface area contributed by atoms with Crippen LogP contribution in [-0.2, 0) is 17.8 Å². The van der Waals surface area contributed by atoms with Crippen molar-refractivity contribution >= 4 is 17.6 Å². The van der Waals surface area contributed by atoms with Gasteiger partial charge in [0.05, 0.1) is 30.2 Å². The summed E-state index contributed by atoms with van der Waals surface area (Å²) in [5, 5.41) is 7.78. The van der Waals surface area contributed by atoms with Gasteiger partial charge in [0.15, 0.2) is 5.65 Å². The summed E-state index contributed by atoms with van der Waals surface area (Å²) < 4.78 is 22.7. The Morgan fingerprint density at radius 3 is 2.64 bits per heavy atom. The van der Waals surface area contributed by atoms with Gasteiger partial charge in [0.1, 0.15) is 23.2 Å². The van der Waals surface area contributed by atoms with Gasteiger partial charge in [0.2, 0.25) is 0 Å². The molecule has 4 heterocycles. The number of amides is 1. The van der Waals surface area contributed by atoms with Crippen LogP contribution in [0.3, 0.4) is 0 Å². The van der Waals surface area contributed by atoms with Gasteiger partial charge in [-0.05, 0) is 50.2 Å². The Bertz CT molecular complexity index is 1330. The zero-order chi connectivity index (χ0) is 23.1. The van der Waals surface area contributed by atoms with Crippen LogP contribution in [0.2, 0.25) is 0 Å². The van der Waals surface area contributed by atoms with Gasteiger partial charge in [-0.3, -0.25) is 4.90 Å². The van der Waals surface area contributed by atoms with Crippen molar-refractivity contribution in [1.29, 1.82) is 0 Å². The number of nitrogens with one attached hydrogen (secondary N) is 1. The van der Waals surface area contributed by atoms with Crippen molar-refractivity contribution in [3.05, 3.63) is 54.2 Å². The molecule has 1 aliphatic rings. The SMILES string of the molecule is CNc1cn2nc(-c3c(-c4ccc(F)cc4)nc4n3CCN(C(=O)OC(C)C)C4)ccc2n1. The summed E-state index contributed by atoms with van der Waals surface area (Å²) in [6, 6.07) is 10.0. The van der Waals surface area contributed by atoms with Gasteiger partial charge in [0.25, 0.3) is 0 Å². The van der Waals surface area contributed by atoms with E-state index in [1.807, 2.05) is 32.2 Å². The van der Waals surface area contributed by atoms with Gasteiger partial charge < -0.3 is 14.6 Å². The van der Waals surface area contributed by atoms with Crippen molar-refractivity contribution in [2.45, 2.75) is 33.0 Å². The third-order valence-electron chi connectivity index (χ3n) is 5.50. The molecule has 0 spiro atoms. The summed E-state index contributed by atoms with van der Waals surface area (Å²) >= 11 is 0. The molecule has 5 rings (SSSR count). The third-order valence-corrected chi connectivity index (χ3v) is 5.50. The summed E-state index contributed by atoms with van der Waals surface area (Å²) in [7, 11) is 1.80. The maximum Gasteiger partial charge on any atom is 0.410 e. The lowest BCUT2D eigenvalue weighted by atomic mass is 10.1. The minimum absolute atomic E-state index is 0.196. The number of aromatic nitrogens is 5. The van der Waals surface area contributed by atoms with Crippen LogP contribution >= 0.6 is 0 Å². The lowest BCUT2D eigenvalue weighted by molar-refractivity contribution is 0.0683. The Kier molecular flexibility index (Phi) is 5.20. The van der Waals surface area contributed by atoms with Crippen LogP contribution in [0.15, 0.2) is 42.6 Å². The van der Waals surface area contributed by atoms with Crippen molar-refractivity contribution in [3.8, 4) is 22.6 Å². The van der Waals surface area contributed by atoms with E-state index in [-0.39, 0.29) is 18.0 Å². The highest BCUT2D eigenvalue weighted by atomic mass is 19.1. The summed E-state index contributed by atoms with van der Waals surface area (Å²) in [6.07, 6.45) is 1.26. The number of anilines is 1. The van der Waals surface area contributed by atoms with Gasteiger partial charge >= 0.3 is 6.09 Å². The molecule has 170 valence electrons. The predicted octanol–water partition coefficient (Wildman–Crippen LogP) is 3.80. The van der Waals surface area contributed by atoms with Gasteiger partial charge in [-0.1, -0.05) is 0 Å². The molecule has 1 aliphatic heterocycles. The quantitative estimate of drug-likeness (QED) is 0.510. The first-order valence-corrected chi connectivity index (χ1v) is 10.8. The van der Waals surface area contributed by atoms with E-state index < -0.39 is 0 Å². The Labute approximate surface area is 189 Å². The van der Waals surface area contributed by atoms with Crippen LogP contribution in [0.4, 0.5) is 15.0 Å². The van der Waals surface area contributed by atoms with Gasteiger partial charge in [0, 0.05) is 25.7 Å². The van der Waals surface area contributed by atoms with Crippen LogP contribution < -0.4 is 5.32 Å². The zero-order valence-corrected chi connectivity index (χ0v) is 18.6. The second-order valence-electron chi connectivity index (χ2n) is 8.14. The summed E-state index contributed by atoms with van der Waals surface area (Å²) in [6.45, 7) is 4.99. The molecule has 0 atom stereocenters. The molecule has 0 aliphatic carbocycles. The summed E-state index contributed by atoms with van der Waals surface area (Å²) in [5.74, 6) is 1.12. The van der Waals surface area contributed by atoms with E-state index in [0.717, 1.165) is 17.1 Å². The number of halogens is 1. The highest BCUT2D eigenvalue weighted by Gasteiger charge is 2.29. The first kappa shape index (κ1) is 20.9. The fourth-order valence-electron chi connectivity index (χ4n) is 3.96. The topological polar surface area (TPSA) is 89.6 Å². The lowest BCUT2D eigenvalue weighted by Gasteiger charge is -2.28.